The predicted molar refractivity (Wildman–Crippen MR) is 87.5 cm³/mol. The summed E-state index contributed by atoms with van der Waals surface area (Å²) in [4.78, 5) is 0. The van der Waals surface area contributed by atoms with Gasteiger partial charge in [-0.25, -0.2) is 0 Å². The first-order chi connectivity index (χ1) is 9.56. The minimum atomic E-state index is 0.177. The molecule has 0 radical (unpaired) electrons. The fourth-order valence-corrected chi connectivity index (χ4v) is 3.10. The Kier molecular flexibility index (Phi) is 4.84. The van der Waals surface area contributed by atoms with Crippen LogP contribution in [0.2, 0.25) is 0 Å². The van der Waals surface area contributed by atoms with Gasteiger partial charge in [0.25, 0.3) is 0 Å². The predicted octanol–water partition coefficient (Wildman–Crippen LogP) is 4.38. The molecule has 0 fully saturated rings. The highest BCUT2D eigenvalue weighted by molar-refractivity contribution is 9.10. The molecule has 0 saturated heterocycles. The van der Waals surface area contributed by atoms with Crippen molar-refractivity contribution in [1.82, 2.24) is 5.32 Å². The summed E-state index contributed by atoms with van der Waals surface area (Å²) in [5.74, 6) is 0.970. The van der Waals surface area contributed by atoms with Gasteiger partial charge in [0.2, 0.25) is 0 Å². The van der Waals surface area contributed by atoms with E-state index < -0.39 is 0 Å². The number of halogens is 1. The summed E-state index contributed by atoms with van der Waals surface area (Å²) in [5, 5.41) is 3.39. The van der Waals surface area contributed by atoms with E-state index in [0.717, 1.165) is 21.3 Å². The summed E-state index contributed by atoms with van der Waals surface area (Å²) < 4.78 is 6.54. The topological polar surface area (TPSA) is 21.3 Å². The first-order valence-electron chi connectivity index (χ1n) is 6.64. The summed E-state index contributed by atoms with van der Waals surface area (Å²) in [6.45, 7) is 4.17. The Bertz CT molecular complexity index is 587. The molecule has 1 unspecified atom stereocenters. The Labute approximate surface area is 129 Å². The third kappa shape index (κ3) is 3.05. The quantitative estimate of drug-likeness (QED) is 0.896. The highest BCUT2D eigenvalue weighted by atomic mass is 79.9. The van der Waals surface area contributed by atoms with E-state index >= 15 is 0 Å². The van der Waals surface area contributed by atoms with Crippen molar-refractivity contribution in [3.63, 3.8) is 0 Å². The summed E-state index contributed by atoms with van der Waals surface area (Å²) >= 11 is 3.54. The Morgan fingerprint density at radius 3 is 2.20 bits per heavy atom. The maximum absolute atomic E-state index is 5.44. The third-order valence-electron chi connectivity index (χ3n) is 3.49. The zero-order valence-corrected chi connectivity index (χ0v) is 13.9. The molecular formula is C17H20BrNO. The Morgan fingerprint density at radius 2 is 1.70 bits per heavy atom. The van der Waals surface area contributed by atoms with Crippen molar-refractivity contribution in [2.75, 3.05) is 14.2 Å². The van der Waals surface area contributed by atoms with Crippen molar-refractivity contribution in [2.24, 2.45) is 0 Å². The van der Waals surface area contributed by atoms with Crippen molar-refractivity contribution < 1.29 is 4.74 Å². The second kappa shape index (κ2) is 6.42. The molecular weight excluding hydrogens is 314 g/mol. The molecule has 3 heteroatoms. The van der Waals surface area contributed by atoms with Crippen molar-refractivity contribution in [2.45, 2.75) is 19.9 Å². The molecule has 0 saturated carbocycles. The molecule has 2 nitrogen and oxygen atoms in total. The minimum Gasteiger partial charge on any atom is -0.496 e. The monoisotopic (exact) mass is 333 g/mol. The molecule has 1 atom stereocenters. The molecule has 0 heterocycles. The van der Waals surface area contributed by atoms with Crippen LogP contribution >= 0.6 is 15.9 Å². The van der Waals surface area contributed by atoms with Gasteiger partial charge in [-0.05, 0) is 55.3 Å². The third-order valence-corrected chi connectivity index (χ3v) is 3.98. The van der Waals surface area contributed by atoms with Crippen LogP contribution in [-0.4, -0.2) is 14.2 Å². The molecule has 0 amide bonds. The van der Waals surface area contributed by atoms with Gasteiger partial charge in [-0.1, -0.05) is 40.2 Å². The lowest BCUT2D eigenvalue weighted by Crippen LogP contribution is -2.18. The van der Waals surface area contributed by atoms with Gasteiger partial charge >= 0.3 is 0 Å². The number of ether oxygens (including phenoxy) is 1. The zero-order chi connectivity index (χ0) is 14.7. The zero-order valence-electron chi connectivity index (χ0n) is 12.3. The van der Waals surface area contributed by atoms with Gasteiger partial charge in [0.1, 0.15) is 5.75 Å². The van der Waals surface area contributed by atoms with E-state index in [-0.39, 0.29) is 6.04 Å². The summed E-state index contributed by atoms with van der Waals surface area (Å²) in [5.41, 5.74) is 4.82. The average molecular weight is 334 g/mol. The van der Waals surface area contributed by atoms with E-state index in [2.05, 4.69) is 65.4 Å². The molecule has 2 rings (SSSR count). The number of methoxy groups -OCH3 is 1. The SMILES string of the molecule is CNC(c1cccc(Br)c1)c1cc(C)c(OC)c(C)c1. The molecule has 0 aromatic heterocycles. The molecule has 20 heavy (non-hydrogen) atoms. The van der Waals surface area contributed by atoms with E-state index in [4.69, 9.17) is 4.74 Å². The second-order valence-electron chi connectivity index (χ2n) is 4.96. The lowest BCUT2D eigenvalue weighted by Gasteiger charge is -2.20. The highest BCUT2D eigenvalue weighted by Crippen LogP contribution is 2.30. The Morgan fingerprint density at radius 1 is 1.05 bits per heavy atom. The fraction of sp³-hybridized carbons (Fsp3) is 0.294. The summed E-state index contributed by atoms with van der Waals surface area (Å²) in [6, 6.07) is 12.9. The number of hydrogen-bond donors (Lipinski definition) is 1. The van der Waals surface area contributed by atoms with E-state index in [1.54, 1.807) is 7.11 Å². The maximum atomic E-state index is 5.44. The minimum absolute atomic E-state index is 0.177. The second-order valence-corrected chi connectivity index (χ2v) is 5.88. The van der Waals surface area contributed by atoms with E-state index in [9.17, 15) is 0 Å². The van der Waals surface area contributed by atoms with Gasteiger partial charge in [-0.3, -0.25) is 0 Å². The molecule has 106 valence electrons. The van der Waals surface area contributed by atoms with Gasteiger partial charge in [-0.15, -0.1) is 0 Å². The van der Waals surface area contributed by atoms with Gasteiger partial charge < -0.3 is 10.1 Å². The van der Waals surface area contributed by atoms with Gasteiger partial charge in [0.15, 0.2) is 0 Å². The number of hydrogen-bond acceptors (Lipinski definition) is 2. The normalized spacial score (nSPS) is 12.2. The van der Waals surface area contributed by atoms with E-state index in [0.29, 0.717) is 0 Å². The number of aryl methyl sites for hydroxylation is 2. The van der Waals surface area contributed by atoms with Crippen LogP contribution in [-0.2, 0) is 0 Å². The smallest absolute Gasteiger partial charge is 0.124 e. The van der Waals surface area contributed by atoms with Gasteiger partial charge in [0.05, 0.1) is 13.2 Å². The van der Waals surface area contributed by atoms with Crippen LogP contribution in [0, 0.1) is 13.8 Å². The lowest BCUT2D eigenvalue weighted by atomic mass is 9.95. The Balaban J connectivity index is 2.47. The lowest BCUT2D eigenvalue weighted by molar-refractivity contribution is 0.408. The first kappa shape index (κ1) is 15.1. The standard InChI is InChI=1S/C17H20BrNO/c1-11-8-14(9-12(2)17(11)20-4)16(19-3)13-6-5-7-15(18)10-13/h5-10,16,19H,1-4H3. The summed E-state index contributed by atoms with van der Waals surface area (Å²) in [7, 11) is 3.71. The summed E-state index contributed by atoms with van der Waals surface area (Å²) in [6.07, 6.45) is 0. The van der Waals surface area contributed by atoms with Crippen LogP contribution in [0.3, 0.4) is 0 Å². The van der Waals surface area contributed by atoms with Gasteiger partial charge in [0, 0.05) is 4.47 Å². The van der Waals surface area contributed by atoms with E-state index in [1.165, 1.54) is 11.1 Å². The fourth-order valence-electron chi connectivity index (χ4n) is 2.68. The van der Waals surface area contributed by atoms with Crippen LogP contribution in [0.5, 0.6) is 5.75 Å². The highest BCUT2D eigenvalue weighted by Gasteiger charge is 2.15. The number of benzene rings is 2. The molecule has 0 bridgehead atoms. The van der Waals surface area contributed by atoms with Crippen LogP contribution in [0.4, 0.5) is 0 Å². The maximum Gasteiger partial charge on any atom is 0.124 e. The molecule has 2 aromatic rings. The largest absolute Gasteiger partial charge is 0.496 e. The van der Waals surface area contributed by atoms with Crippen LogP contribution in [0.15, 0.2) is 40.9 Å². The molecule has 0 aliphatic rings. The molecule has 0 spiro atoms. The van der Waals surface area contributed by atoms with Crippen molar-refractivity contribution in [3.05, 3.63) is 63.1 Å². The Hall–Kier alpha value is -1.32. The molecule has 0 aliphatic heterocycles. The van der Waals surface area contributed by atoms with Gasteiger partial charge in [-0.2, -0.15) is 0 Å². The first-order valence-corrected chi connectivity index (χ1v) is 7.44. The molecule has 2 aromatic carbocycles. The number of rotatable bonds is 4. The number of nitrogens with one attached hydrogen (secondary N) is 1. The molecule has 0 aliphatic carbocycles. The molecule has 1 N–H and O–H groups in total. The van der Waals surface area contributed by atoms with Crippen LogP contribution < -0.4 is 10.1 Å². The van der Waals surface area contributed by atoms with Crippen molar-refractivity contribution in [1.29, 1.82) is 0 Å². The van der Waals surface area contributed by atoms with Crippen molar-refractivity contribution >= 4 is 15.9 Å². The van der Waals surface area contributed by atoms with Crippen LogP contribution in [0.1, 0.15) is 28.3 Å². The van der Waals surface area contributed by atoms with Crippen molar-refractivity contribution in [3.8, 4) is 5.75 Å². The van der Waals surface area contributed by atoms with Crippen LogP contribution in [0.25, 0.3) is 0 Å². The van der Waals surface area contributed by atoms with E-state index in [1.807, 2.05) is 13.1 Å². The average Bonchev–Trinajstić information content (AvgIpc) is 2.39.